The highest BCUT2D eigenvalue weighted by Gasteiger charge is 2.14. The highest BCUT2D eigenvalue weighted by Crippen LogP contribution is 2.20. The summed E-state index contributed by atoms with van der Waals surface area (Å²) in [5, 5.41) is 8.29. The molecule has 1 aromatic carbocycles. The van der Waals surface area contributed by atoms with Crippen molar-refractivity contribution in [3.05, 3.63) is 35.1 Å². The molecule has 0 atom stereocenters. The molecule has 0 unspecified atom stereocenters. The van der Waals surface area contributed by atoms with Crippen molar-refractivity contribution < 1.29 is 4.74 Å². The lowest BCUT2D eigenvalue weighted by molar-refractivity contribution is 0.0865. The second-order valence-corrected chi connectivity index (χ2v) is 12.3. The Hall–Kier alpha value is -0.983. The molecule has 0 N–H and O–H groups in total. The van der Waals surface area contributed by atoms with Crippen molar-refractivity contribution in [2.24, 2.45) is 0 Å². The van der Waals surface area contributed by atoms with Gasteiger partial charge in [0, 0.05) is 20.2 Å². The molecule has 4 nitrogen and oxygen atoms in total. The summed E-state index contributed by atoms with van der Waals surface area (Å²) in [7, 11) is -1.05. The van der Waals surface area contributed by atoms with Crippen LogP contribution in [0.25, 0.3) is 11.4 Å². The largest absolute Gasteiger partial charge is 0.361 e. The third-order valence-corrected chi connectivity index (χ3v) is 5.25. The van der Waals surface area contributed by atoms with Crippen LogP contribution in [0.3, 0.4) is 0 Å². The minimum atomic E-state index is -1.05. The van der Waals surface area contributed by atoms with Crippen LogP contribution in [0.5, 0.6) is 0 Å². The van der Waals surface area contributed by atoms with Crippen molar-refractivity contribution >= 4 is 24.0 Å². The van der Waals surface area contributed by atoms with Gasteiger partial charge in [0.15, 0.2) is 5.82 Å². The fourth-order valence-electron chi connectivity index (χ4n) is 1.73. The van der Waals surface area contributed by atoms with Gasteiger partial charge in [-0.05, 0) is 22.0 Å². The van der Waals surface area contributed by atoms with E-state index in [2.05, 4.69) is 45.8 Å². The first-order valence-electron chi connectivity index (χ1n) is 6.69. The number of rotatable bonds is 6. The number of benzene rings is 1. The molecule has 0 saturated heterocycles. The number of hydrogen-bond acceptors (Lipinski definition) is 3. The van der Waals surface area contributed by atoms with Crippen molar-refractivity contribution in [2.75, 3.05) is 6.61 Å². The first-order valence-corrected chi connectivity index (χ1v) is 11.2. The summed E-state index contributed by atoms with van der Waals surface area (Å²) in [5.41, 5.74) is 1.04. The lowest BCUT2D eigenvalue weighted by Gasteiger charge is -2.16. The van der Waals surface area contributed by atoms with Crippen LogP contribution in [0.4, 0.5) is 0 Å². The molecule has 0 bridgehead atoms. The van der Waals surface area contributed by atoms with Crippen molar-refractivity contribution in [2.45, 2.75) is 32.4 Å². The standard InChI is InChI=1S/C14H20BrN3OSi/c1-20(2,3)10-9-19-11-18-13(16-17-14(18)15)12-7-5-4-6-8-12/h4-8H,9-11H2,1-3H3. The third kappa shape index (κ3) is 4.26. The summed E-state index contributed by atoms with van der Waals surface area (Å²) >= 11 is 3.42. The van der Waals surface area contributed by atoms with Gasteiger partial charge in [-0.1, -0.05) is 50.0 Å². The van der Waals surface area contributed by atoms with Crippen LogP contribution in [0, 0.1) is 0 Å². The molecule has 0 amide bonds. The molecule has 20 heavy (non-hydrogen) atoms. The van der Waals surface area contributed by atoms with Gasteiger partial charge in [-0.15, -0.1) is 10.2 Å². The molecule has 108 valence electrons. The van der Waals surface area contributed by atoms with Gasteiger partial charge >= 0.3 is 0 Å². The van der Waals surface area contributed by atoms with E-state index in [4.69, 9.17) is 4.74 Å². The Labute approximate surface area is 129 Å². The molecule has 0 aliphatic rings. The monoisotopic (exact) mass is 353 g/mol. The van der Waals surface area contributed by atoms with Gasteiger partial charge in [0.25, 0.3) is 0 Å². The summed E-state index contributed by atoms with van der Waals surface area (Å²) in [6.07, 6.45) is 0. The average Bonchev–Trinajstić information content (AvgIpc) is 2.76. The van der Waals surface area contributed by atoms with Crippen molar-refractivity contribution in [3.63, 3.8) is 0 Å². The minimum Gasteiger partial charge on any atom is -0.361 e. The Morgan fingerprint density at radius 2 is 1.85 bits per heavy atom. The van der Waals surface area contributed by atoms with Gasteiger partial charge < -0.3 is 4.74 Å². The lowest BCUT2D eigenvalue weighted by atomic mass is 10.2. The topological polar surface area (TPSA) is 39.9 Å². The van der Waals surface area contributed by atoms with E-state index in [1.54, 1.807) is 0 Å². The molecule has 0 saturated carbocycles. The fraction of sp³-hybridized carbons (Fsp3) is 0.429. The molecular formula is C14H20BrN3OSi. The number of aromatic nitrogens is 3. The summed E-state index contributed by atoms with van der Waals surface area (Å²) in [4.78, 5) is 0. The zero-order chi connectivity index (χ0) is 14.6. The zero-order valence-corrected chi connectivity index (χ0v) is 14.7. The first kappa shape index (κ1) is 15.4. The minimum absolute atomic E-state index is 0.474. The van der Waals surface area contributed by atoms with Crippen molar-refractivity contribution in [1.29, 1.82) is 0 Å². The van der Waals surface area contributed by atoms with Crippen LogP contribution in [-0.2, 0) is 11.5 Å². The van der Waals surface area contributed by atoms with Gasteiger partial charge in [0.2, 0.25) is 4.73 Å². The predicted molar refractivity (Wildman–Crippen MR) is 87.3 cm³/mol. The third-order valence-electron chi connectivity index (χ3n) is 2.95. The van der Waals surface area contributed by atoms with E-state index in [0.29, 0.717) is 11.5 Å². The number of ether oxygens (including phenoxy) is 1. The summed E-state index contributed by atoms with van der Waals surface area (Å²) in [5.74, 6) is 0.825. The number of hydrogen-bond donors (Lipinski definition) is 0. The molecule has 6 heteroatoms. The molecule has 0 radical (unpaired) electrons. The van der Waals surface area contributed by atoms with Crippen molar-refractivity contribution in [3.8, 4) is 11.4 Å². The van der Waals surface area contributed by atoms with E-state index in [1.165, 1.54) is 0 Å². The Bertz CT molecular complexity index is 551. The highest BCUT2D eigenvalue weighted by molar-refractivity contribution is 9.10. The fourth-order valence-corrected chi connectivity index (χ4v) is 2.84. The van der Waals surface area contributed by atoms with Crippen LogP contribution >= 0.6 is 15.9 Å². The first-order chi connectivity index (χ1) is 9.47. The SMILES string of the molecule is C[Si](C)(C)CCOCn1c(Br)nnc1-c1ccccc1. The molecule has 0 spiro atoms. The van der Waals surface area contributed by atoms with E-state index < -0.39 is 8.07 Å². The van der Waals surface area contributed by atoms with Gasteiger partial charge in [-0.25, -0.2) is 0 Å². The van der Waals surface area contributed by atoms with E-state index in [1.807, 2.05) is 34.9 Å². The van der Waals surface area contributed by atoms with E-state index in [-0.39, 0.29) is 0 Å². The highest BCUT2D eigenvalue weighted by atomic mass is 79.9. The summed E-state index contributed by atoms with van der Waals surface area (Å²) < 4.78 is 8.43. The van der Waals surface area contributed by atoms with Crippen LogP contribution in [-0.4, -0.2) is 29.4 Å². The molecule has 1 aromatic heterocycles. The molecule has 2 rings (SSSR count). The molecule has 0 fully saturated rings. The average molecular weight is 354 g/mol. The maximum atomic E-state index is 5.78. The predicted octanol–water partition coefficient (Wildman–Crippen LogP) is 4.02. The second-order valence-electron chi connectivity index (χ2n) is 5.93. The normalized spacial score (nSPS) is 11.8. The molecule has 0 aliphatic heterocycles. The molecule has 2 aromatic rings. The van der Waals surface area contributed by atoms with E-state index in [9.17, 15) is 0 Å². The van der Waals surface area contributed by atoms with Gasteiger partial charge in [0.05, 0.1) is 0 Å². The second kappa shape index (κ2) is 6.65. The Morgan fingerprint density at radius 3 is 2.50 bits per heavy atom. The lowest BCUT2D eigenvalue weighted by Crippen LogP contribution is -2.22. The molecule has 0 aliphatic carbocycles. The Morgan fingerprint density at radius 1 is 1.15 bits per heavy atom. The van der Waals surface area contributed by atoms with Crippen molar-refractivity contribution in [1.82, 2.24) is 14.8 Å². The molecular weight excluding hydrogens is 334 g/mol. The smallest absolute Gasteiger partial charge is 0.202 e. The van der Waals surface area contributed by atoms with Gasteiger partial charge in [-0.3, -0.25) is 4.57 Å². The number of halogens is 1. The molecule has 1 heterocycles. The van der Waals surface area contributed by atoms with Crippen LogP contribution in [0.15, 0.2) is 35.1 Å². The van der Waals surface area contributed by atoms with E-state index in [0.717, 1.165) is 24.0 Å². The van der Waals surface area contributed by atoms with Crippen LogP contribution < -0.4 is 0 Å². The van der Waals surface area contributed by atoms with Gasteiger partial charge in [-0.2, -0.15) is 0 Å². The maximum absolute atomic E-state index is 5.78. The Kier molecular flexibility index (Phi) is 5.12. The summed E-state index contributed by atoms with van der Waals surface area (Å²) in [6, 6.07) is 11.2. The van der Waals surface area contributed by atoms with E-state index >= 15 is 0 Å². The zero-order valence-electron chi connectivity index (χ0n) is 12.1. The van der Waals surface area contributed by atoms with Gasteiger partial charge in [0.1, 0.15) is 6.73 Å². The maximum Gasteiger partial charge on any atom is 0.202 e. The van der Waals surface area contributed by atoms with Crippen LogP contribution in [0.1, 0.15) is 0 Å². The summed E-state index contributed by atoms with van der Waals surface area (Å²) in [6.45, 7) is 8.30. The quantitative estimate of drug-likeness (QED) is 0.581. The number of nitrogens with zero attached hydrogens (tertiary/aromatic N) is 3. The Balaban J connectivity index is 2.03. The van der Waals surface area contributed by atoms with Crippen LogP contribution in [0.2, 0.25) is 25.7 Å².